The minimum absolute atomic E-state index is 0.0518. The summed E-state index contributed by atoms with van der Waals surface area (Å²) in [6.45, 7) is 3.96. The third kappa shape index (κ3) is 7.55. The molecule has 13 heteroatoms. The van der Waals surface area contributed by atoms with E-state index in [-0.39, 0.29) is 48.7 Å². The molecular formula is C30H33N7O5S. The number of hydrogen-bond donors (Lipinski definition) is 4. The number of hydrogen-bond acceptors (Lipinski definition) is 8. The van der Waals surface area contributed by atoms with Crippen LogP contribution in [0.5, 0.6) is 0 Å². The lowest BCUT2D eigenvalue weighted by molar-refractivity contribution is -0.122. The Morgan fingerprint density at radius 1 is 1.05 bits per heavy atom. The molecule has 0 fully saturated rings. The Hall–Kier alpha value is -4.78. The number of carbonyl (C=O) groups excluding carboxylic acids is 4. The predicted molar refractivity (Wildman–Crippen MR) is 158 cm³/mol. The lowest BCUT2D eigenvalue weighted by Gasteiger charge is -2.24. The standard InChI is InChI=1S/C30H33N7O5S/c1-18(2)12-22-29-36-24(17-43-29)26(39)32-10-11-37(30(41)20-8-9-31-14-20)15-25(38)33-21(13-19-6-4-3-5-7-19)28-35-23(16-42-28)27(40)34-22/h3-9,14,16-18,21-22,31H,10-13,15H2,1-2H3,(H,32,39)(H,33,38)(H,34,40)/t21-,22-/m0/s1. The molecule has 2 atom stereocenters. The number of amides is 4. The van der Waals surface area contributed by atoms with Crippen molar-refractivity contribution < 1.29 is 23.6 Å². The van der Waals surface area contributed by atoms with Crippen LogP contribution >= 0.6 is 11.3 Å². The molecule has 1 aliphatic heterocycles. The Labute approximate surface area is 252 Å². The zero-order valence-electron chi connectivity index (χ0n) is 23.8. The summed E-state index contributed by atoms with van der Waals surface area (Å²) in [6.07, 6.45) is 5.36. The van der Waals surface area contributed by atoms with Crippen molar-refractivity contribution >= 4 is 35.0 Å². The molecule has 5 rings (SSSR count). The molecule has 0 unspecified atom stereocenters. The van der Waals surface area contributed by atoms with Gasteiger partial charge in [0.25, 0.3) is 17.7 Å². The highest BCUT2D eigenvalue weighted by Gasteiger charge is 2.28. The number of benzene rings is 1. The molecule has 4 amide bonds. The molecule has 12 nitrogen and oxygen atoms in total. The van der Waals surface area contributed by atoms with Crippen molar-refractivity contribution in [3.8, 4) is 0 Å². The largest absolute Gasteiger partial charge is 0.446 e. The Morgan fingerprint density at radius 3 is 2.60 bits per heavy atom. The number of nitrogens with zero attached hydrogens (tertiary/aromatic N) is 3. The fourth-order valence-corrected chi connectivity index (χ4v) is 5.64. The van der Waals surface area contributed by atoms with Crippen LogP contribution in [0.2, 0.25) is 0 Å². The smallest absolute Gasteiger partial charge is 0.273 e. The van der Waals surface area contributed by atoms with E-state index < -0.39 is 29.8 Å². The molecule has 0 aliphatic carbocycles. The molecule has 0 radical (unpaired) electrons. The van der Waals surface area contributed by atoms with Gasteiger partial charge in [0.1, 0.15) is 23.0 Å². The highest BCUT2D eigenvalue weighted by atomic mass is 32.1. The summed E-state index contributed by atoms with van der Waals surface area (Å²) in [7, 11) is 0. The quantitative estimate of drug-likeness (QED) is 0.272. The molecule has 4 aromatic rings. The molecule has 224 valence electrons. The molecule has 0 saturated heterocycles. The van der Waals surface area contributed by atoms with Crippen molar-refractivity contribution in [1.29, 1.82) is 0 Å². The van der Waals surface area contributed by atoms with E-state index in [2.05, 4.69) is 30.9 Å². The van der Waals surface area contributed by atoms with Crippen LogP contribution in [0.15, 0.2) is 64.9 Å². The third-order valence-corrected chi connectivity index (χ3v) is 7.83. The summed E-state index contributed by atoms with van der Waals surface area (Å²) in [5.74, 6) is -1.32. The van der Waals surface area contributed by atoms with Gasteiger partial charge in [0.15, 0.2) is 5.69 Å². The first kappa shape index (κ1) is 29.7. The molecular weight excluding hydrogens is 570 g/mol. The molecule has 3 aromatic heterocycles. The van der Waals surface area contributed by atoms with E-state index in [1.165, 1.54) is 22.5 Å². The Morgan fingerprint density at radius 2 is 1.86 bits per heavy atom. The Bertz CT molecular complexity index is 1560. The van der Waals surface area contributed by atoms with Crippen LogP contribution in [-0.4, -0.2) is 63.1 Å². The van der Waals surface area contributed by atoms with E-state index in [9.17, 15) is 19.2 Å². The van der Waals surface area contributed by atoms with Gasteiger partial charge >= 0.3 is 0 Å². The third-order valence-electron chi connectivity index (χ3n) is 6.87. The van der Waals surface area contributed by atoms with E-state index in [0.29, 0.717) is 23.4 Å². The minimum atomic E-state index is -0.716. The lowest BCUT2D eigenvalue weighted by Crippen LogP contribution is -2.45. The van der Waals surface area contributed by atoms with E-state index in [1.54, 1.807) is 23.8 Å². The maximum Gasteiger partial charge on any atom is 0.273 e. The topological polar surface area (TPSA) is 162 Å². The molecule has 43 heavy (non-hydrogen) atoms. The minimum Gasteiger partial charge on any atom is -0.446 e. The van der Waals surface area contributed by atoms with Gasteiger partial charge in [-0.2, -0.15) is 0 Å². The number of oxazole rings is 1. The van der Waals surface area contributed by atoms with Gasteiger partial charge in [0.2, 0.25) is 11.8 Å². The summed E-state index contributed by atoms with van der Waals surface area (Å²) in [4.78, 5) is 66.0. The van der Waals surface area contributed by atoms with Crippen LogP contribution in [-0.2, 0) is 11.2 Å². The SMILES string of the molecule is CC(C)C[C@@H]1NC(=O)c2coc(n2)[C@H](Cc2ccccc2)NC(=O)CN(C(=O)c2cc[nH]c2)CCNC(=O)c2csc1n2. The van der Waals surface area contributed by atoms with Crippen LogP contribution in [0.25, 0.3) is 0 Å². The average Bonchev–Trinajstić information content (AvgIpc) is 3.78. The normalized spacial score (nSPS) is 18.4. The number of aromatic nitrogens is 3. The van der Waals surface area contributed by atoms with Crippen LogP contribution in [0.1, 0.15) is 80.1 Å². The van der Waals surface area contributed by atoms with Gasteiger partial charge in [0.05, 0.1) is 18.2 Å². The van der Waals surface area contributed by atoms with Crippen LogP contribution in [0.3, 0.4) is 0 Å². The first-order valence-corrected chi connectivity index (χ1v) is 14.9. The lowest BCUT2D eigenvalue weighted by atomic mass is 10.0. The summed E-state index contributed by atoms with van der Waals surface area (Å²) >= 11 is 1.28. The average molecular weight is 604 g/mol. The first-order chi connectivity index (χ1) is 20.8. The van der Waals surface area contributed by atoms with Crippen molar-refractivity contribution in [2.75, 3.05) is 19.6 Å². The number of carbonyl (C=O) groups is 4. The van der Waals surface area contributed by atoms with Gasteiger partial charge < -0.3 is 30.3 Å². The Kier molecular flexibility index (Phi) is 9.30. The number of fused-ring (bicyclic) bond motifs is 4. The van der Waals surface area contributed by atoms with E-state index in [0.717, 1.165) is 5.56 Å². The van der Waals surface area contributed by atoms with Crippen molar-refractivity contribution in [2.24, 2.45) is 5.92 Å². The van der Waals surface area contributed by atoms with Gasteiger partial charge in [-0.3, -0.25) is 19.2 Å². The monoisotopic (exact) mass is 603 g/mol. The maximum absolute atomic E-state index is 13.4. The molecule has 4 bridgehead atoms. The molecule has 1 aromatic carbocycles. The number of H-pyrrole nitrogens is 1. The fraction of sp³-hybridized carbons (Fsp3) is 0.333. The van der Waals surface area contributed by atoms with Crippen molar-refractivity contribution in [3.63, 3.8) is 0 Å². The van der Waals surface area contributed by atoms with Crippen molar-refractivity contribution in [2.45, 2.75) is 38.8 Å². The van der Waals surface area contributed by atoms with E-state index in [4.69, 9.17) is 4.42 Å². The predicted octanol–water partition coefficient (Wildman–Crippen LogP) is 3.26. The zero-order chi connectivity index (χ0) is 30.3. The van der Waals surface area contributed by atoms with Crippen molar-refractivity contribution in [1.82, 2.24) is 35.8 Å². The molecule has 4 heterocycles. The maximum atomic E-state index is 13.4. The van der Waals surface area contributed by atoms with Crippen LogP contribution in [0, 0.1) is 5.92 Å². The van der Waals surface area contributed by atoms with Crippen molar-refractivity contribution in [3.05, 3.63) is 93.8 Å². The van der Waals surface area contributed by atoms with Gasteiger partial charge in [-0.25, -0.2) is 9.97 Å². The van der Waals surface area contributed by atoms with Crippen LogP contribution < -0.4 is 16.0 Å². The number of rotatable bonds is 5. The number of nitrogens with one attached hydrogen (secondary N) is 4. The fourth-order valence-electron chi connectivity index (χ4n) is 4.78. The highest BCUT2D eigenvalue weighted by molar-refractivity contribution is 7.09. The summed E-state index contributed by atoms with van der Waals surface area (Å²) in [6, 6.07) is 9.94. The second-order valence-corrected chi connectivity index (χ2v) is 11.6. The van der Waals surface area contributed by atoms with Gasteiger partial charge in [-0.05, 0) is 24.0 Å². The summed E-state index contributed by atoms with van der Waals surface area (Å²) < 4.78 is 5.74. The highest BCUT2D eigenvalue weighted by Crippen LogP contribution is 2.26. The van der Waals surface area contributed by atoms with E-state index >= 15 is 0 Å². The van der Waals surface area contributed by atoms with E-state index in [1.807, 2.05) is 44.2 Å². The molecule has 0 saturated carbocycles. The summed E-state index contributed by atoms with van der Waals surface area (Å²) in [5.41, 5.74) is 1.55. The number of aromatic amines is 1. The van der Waals surface area contributed by atoms with Gasteiger partial charge in [-0.1, -0.05) is 44.2 Å². The molecule has 0 spiro atoms. The number of thiazole rings is 1. The second kappa shape index (κ2) is 13.5. The summed E-state index contributed by atoms with van der Waals surface area (Å²) in [5, 5.41) is 10.9. The zero-order valence-corrected chi connectivity index (χ0v) is 24.6. The van der Waals surface area contributed by atoms with Gasteiger partial charge in [-0.15, -0.1) is 11.3 Å². The first-order valence-electron chi connectivity index (χ1n) is 14.0. The van der Waals surface area contributed by atoms with Crippen LogP contribution in [0.4, 0.5) is 0 Å². The molecule has 4 N–H and O–H groups in total. The molecule has 1 aliphatic rings. The van der Waals surface area contributed by atoms with Gasteiger partial charge in [0, 0.05) is 37.3 Å². The Balaban J connectivity index is 1.48. The second-order valence-electron chi connectivity index (χ2n) is 10.7.